The van der Waals surface area contributed by atoms with Crippen LogP contribution >= 0.6 is 0 Å². The Hall–Kier alpha value is -1.41. The third-order valence-corrected chi connectivity index (χ3v) is 2.82. The number of aromatic nitrogens is 1. The van der Waals surface area contributed by atoms with Gasteiger partial charge in [0.1, 0.15) is 0 Å². The zero-order valence-corrected chi connectivity index (χ0v) is 12.8. The molecule has 19 heavy (non-hydrogen) atoms. The van der Waals surface area contributed by atoms with E-state index < -0.39 is 0 Å². The number of rotatable bonds is 6. The van der Waals surface area contributed by atoms with Crippen molar-refractivity contribution in [3.8, 4) is 0 Å². The standard InChI is InChI=1S/C15H21N.C2H7N/c1-5-7-8-13(6-2)15-11-14(12(3)4)9-10-16-15;1-3-2/h5-6,9-13H,1-2,7-8H2,3-4H3;3H,1-2H3. The Balaban J connectivity index is 0.000000982. The van der Waals surface area contributed by atoms with Gasteiger partial charge in [-0.3, -0.25) is 4.98 Å². The van der Waals surface area contributed by atoms with Crippen molar-refractivity contribution in [2.24, 2.45) is 0 Å². The monoisotopic (exact) mass is 260 g/mol. The molecule has 1 aromatic heterocycles. The van der Waals surface area contributed by atoms with E-state index in [1.54, 1.807) is 0 Å². The molecule has 2 heteroatoms. The van der Waals surface area contributed by atoms with Crippen molar-refractivity contribution < 1.29 is 0 Å². The normalized spacial score (nSPS) is 11.4. The zero-order valence-electron chi connectivity index (χ0n) is 12.8. The van der Waals surface area contributed by atoms with Crippen molar-refractivity contribution in [2.45, 2.75) is 38.5 Å². The lowest BCUT2D eigenvalue weighted by molar-refractivity contribution is 0.724. The van der Waals surface area contributed by atoms with E-state index >= 15 is 0 Å². The van der Waals surface area contributed by atoms with Crippen molar-refractivity contribution in [3.63, 3.8) is 0 Å². The molecule has 1 unspecified atom stereocenters. The van der Waals surface area contributed by atoms with Crippen LogP contribution in [-0.4, -0.2) is 19.1 Å². The second kappa shape index (κ2) is 10.5. The van der Waals surface area contributed by atoms with E-state index in [9.17, 15) is 0 Å². The summed E-state index contributed by atoms with van der Waals surface area (Å²) in [6, 6.07) is 4.28. The molecule has 0 amide bonds. The molecule has 1 atom stereocenters. The maximum Gasteiger partial charge on any atom is 0.0475 e. The molecule has 0 radical (unpaired) electrons. The SMILES string of the molecule is C=CCCC(C=C)c1cc(C(C)C)ccn1.CNC. The fourth-order valence-electron chi connectivity index (χ4n) is 1.71. The first-order chi connectivity index (χ1) is 9.10. The lowest BCUT2D eigenvalue weighted by atomic mass is 9.95. The number of hydrogen-bond acceptors (Lipinski definition) is 2. The van der Waals surface area contributed by atoms with Gasteiger partial charge in [-0.05, 0) is 50.6 Å². The third kappa shape index (κ3) is 6.92. The van der Waals surface area contributed by atoms with Crippen LogP contribution < -0.4 is 5.32 Å². The van der Waals surface area contributed by atoms with Gasteiger partial charge < -0.3 is 5.32 Å². The van der Waals surface area contributed by atoms with Gasteiger partial charge in [0.2, 0.25) is 0 Å². The lowest BCUT2D eigenvalue weighted by Gasteiger charge is -2.13. The van der Waals surface area contributed by atoms with Crippen molar-refractivity contribution in [2.75, 3.05) is 14.1 Å². The molecule has 0 aromatic carbocycles. The smallest absolute Gasteiger partial charge is 0.0475 e. The average Bonchev–Trinajstić information content (AvgIpc) is 2.41. The minimum atomic E-state index is 0.344. The molecule has 0 aliphatic heterocycles. The Morgan fingerprint density at radius 1 is 1.32 bits per heavy atom. The third-order valence-electron chi connectivity index (χ3n) is 2.82. The molecule has 1 heterocycles. The predicted octanol–water partition coefficient (Wildman–Crippen LogP) is 4.28. The summed E-state index contributed by atoms with van der Waals surface area (Å²) in [5, 5.41) is 2.75. The summed E-state index contributed by atoms with van der Waals surface area (Å²) in [6.07, 6.45) is 7.87. The maximum atomic E-state index is 4.44. The van der Waals surface area contributed by atoms with Gasteiger partial charge in [-0.25, -0.2) is 0 Å². The Bertz CT molecular complexity index is 369. The summed E-state index contributed by atoms with van der Waals surface area (Å²) in [6.45, 7) is 12.0. The van der Waals surface area contributed by atoms with E-state index in [2.05, 4.69) is 49.4 Å². The van der Waals surface area contributed by atoms with Crippen LogP contribution in [0.3, 0.4) is 0 Å². The number of allylic oxidation sites excluding steroid dienone is 2. The minimum absolute atomic E-state index is 0.344. The van der Waals surface area contributed by atoms with Crippen molar-refractivity contribution in [1.82, 2.24) is 10.3 Å². The molecule has 2 nitrogen and oxygen atoms in total. The van der Waals surface area contributed by atoms with Crippen LogP contribution in [0.15, 0.2) is 43.6 Å². The van der Waals surface area contributed by atoms with Gasteiger partial charge >= 0.3 is 0 Å². The van der Waals surface area contributed by atoms with Crippen LogP contribution in [0.5, 0.6) is 0 Å². The molecule has 0 aliphatic carbocycles. The lowest BCUT2D eigenvalue weighted by Crippen LogP contribution is -2.00. The average molecular weight is 260 g/mol. The second-order valence-corrected chi connectivity index (χ2v) is 4.88. The summed E-state index contributed by atoms with van der Waals surface area (Å²) < 4.78 is 0. The maximum absolute atomic E-state index is 4.44. The molecule has 0 spiro atoms. The quantitative estimate of drug-likeness (QED) is 0.772. The van der Waals surface area contributed by atoms with Crippen molar-refractivity contribution in [3.05, 3.63) is 54.9 Å². The van der Waals surface area contributed by atoms with Gasteiger partial charge in [0.25, 0.3) is 0 Å². The van der Waals surface area contributed by atoms with Crippen molar-refractivity contribution in [1.29, 1.82) is 0 Å². The van der Waals surface area contributed by atoms with E-state index in [-0.39, 0.29) is 0 Å². The fraction of sp³-hybridized carbons (Fsp3) is 0.471. The molecule has 1 rings (SSSR count). The topological polar surface area (TPSA) is 24.9 Å². The summed E-state index contributed by atoms with van der Waals surface area (Å²) in [5.74, 6) is 0.892. The number of pyridine rings is 1. The Morgan fingerprint density at radius 2 is 1.95 bits per heavy atom. The summed E-state index contributed by atoms with van der Waals surface area (Å²) in [5.41, 5.74) is 2.47. The molecule has 106 valence electrons. The predicted molar refractivity (Wildman–Crippen MR) is 85.7 cm³/mol. The number of hydrogen-bond donors (Lipinski definition) is 1. The van der Waals surface area contributed by atoms with Crippen molar-refractivity contribution >= 4 is 0 Å². The van der Waals surface area contributed by atoms with Crippen LogP contribution in [-0.2, 0) is 0 Å². The molecule has 1 N–H and O–H groups in total. The van der Waals surface area contributed by atoms with E-state index in [4.69, 9.17) is 0 Å². The molecule has 0 bridgehead atoms. The highest BCUT2D eigenvalue weighted by Crippen LogP contribution is 2.23. The van der Waals surface area contributed by atoms with Gasteiger partial charge in [0.15, 0.2) is 0 Å². The van der Waals surface area contributed by atoms with Gasteiger partial charge in [-0.15, -0.1) is 13.2 Å². The molecule has 0 aliphatic rings. The summed E-state index contributed by atoms with van der Waals surface area (Å²) in [7, 11) is 3.75. The molecular formula is C17H28N2. The van der Waals surface area contributed by atoms with Gasteiger partial charge in [-0.2, -0.15) is 0 Å². The molecule has 1 aromatic rings. The zero-order chi connectivity index (χ0) is 14.7. The van der Waals surface area contributed by atoms with Crippen LogP contribution in [0.4, 0.5) is 0 Å². The first kappa shape index (κ1) is 17.6. The van der Waals surface area contributed by atoms with E-state index in [0.29, 0.717) is 11.8 Å². The largest absolute Gasteiger partial charge is 0.323 e. The number of nitrogens with zero attached hydrogens (tertiary/aromatic N) is 1. The fourth-order valence-corrected chi connectivity index (χ4v) is 1.71. The molecule has 0 saturated heterocycles. The van der Waals surface area contributed by atoms with E-state index in [1.807, 2.05) is 32.4 Å². The summed E-state index contributed by atoms with van der Waals surface area (Å²) >= 11 is 0. The minimum Gasteiger partial charge on any atom is -0.323 e. The highest BCUT2D eigenvalue weighted by Gasteiger charge is 2.09. The highest BCUT2D eigenvalue weighted by molar-refractivity contribution is 5.24. The van der Waals surface area contributed by atoms with Crippen LogP contribution in [0, 0.1) is 0 Å². The van der Waals surface area contributed by atoms with E-state index in [1.165, 1.54) is 5.56 Å². The van der Waals surface area contributed by atoms with E-state index in [0.717, 1.165) is 18.5 Å². The molecular weight excluding hydrogens is 232 g/mol. The molecule has 0 fully saturated rings. The van der Waals surface area contributed by atoms with Gasteiger partial charge in [0, 0.05) is 17.8 Å². The second-order valence-electron chi connectivity index (χ2n) is 4.88. The Morgan fingerprint density at radius 3 is 2.42 bits per heavy atom. The first-order valence-electron chi connectivity index (χ1n) is 6.88. The number of nitrogens with one attached hydrogen (secondary N) is 1. The first-order valence-corrected chi connectivity index (χ1v) is 6.88. The van der Waals surface area contributed by atoms with Crippen LogP contribution in [0.2, 0.25) is 0 Å². The highest BCUT2D eigenvalue weighted by atomic mass is 14.7. The Labute approximate surface area is 118 Å². The molecule has 0 saturated carbocycles. The summed E-state index contributed by atoms with van der Waals surface area (Å²) in [4.78, 5) is 4.44. The van der Waals surface area contributed by atoms with Crippen LogP contribution in [0.25, 0.3) is 0 Å². The Kier molecular flexibility index (Phi) is 9.73. The van der Waals surface area contributed by atoms with Gasteiger partial charge in [-0.1, -0.05) is 26.0 Å². The van der Waals surface area contributed by atoms with Crippen LogP contribution in [0.1, 0.15) is 49.8 Å². The van der Waals surface area contributed by atoms with Gasteiger partial charge in [0.05, 0.1) is 0 Å².